The van der Waals surface area contributed by atoms with Crippen molar-refractivity contribution < 1.29 is 15.0 Å². The Morgan fingerprint density at radius 1 is 0.690 bits per heavy atom. The molecule has 2 aromatic carbocycles. The standard InChI is InChI=1S/C37H60N2O3/c1-14-15-16-17-30(38)39-31(40)22-25(23-18-26(34(2,3)4)32(41)27(19-23)35(5,6)7)24-20-28(36(8,9)10)33(42)29(21-24)37(11,12)13/h18-21,25,30,41-42H,14-17,22,38H2,1-13H3,(H,39,40). The second kappa shape index (κ2) is 13.0. The number of rotatable bonds is 9. The number of phenolic OH excluding ortho intramolecular Hbond substituents is 2. The van der Waals surface area contributed by atoms with Gasteiger partial charge in [0.1, 0.15) is 11.5 Å². The first-order valence-corrected chi connectivity index (χ1v) is 15.8. The van der Waals surface area contributed by atoms with Gasteiger partial charge in [0, 0.05) is 12.3 Å². The molecule has 0 spiro atoms. The molecule has 5 heteroatoms. The van der Waals surface area contributed by atoms with Crippen molar-refractivity contribution in [1.29, 1.82) is 0 Å². The molecular formula is C37H60N2O3. The molecule has 0 aliphatic heterocycles. The molecule has 0 fully saturated rings. The van der Waals surface area contributed by atoms with Crippen LogP contribution in [0.5, 0.6) is 11.5 Å². The van der Waals surface area contributed by atoms with Gasteiger partial charge in [-0.05, 0) is 61.5 Å². The summed E-state index contributed by atoms with van der Waals surface area (Å²) in [7, 11) is 0. The van der Waals surface area contributed by atoms with Gasteiger partial charge in [-0.1, -0.05) is 134 Å². The summed E-state index contributed by atoms with van der Waals surface area (Å²) < 4.78 is 0. The smallest absolute Gasteiger partial charge is 0.222 e. The molecule has 1 amide bonds. The summed E-state index contributed by atoms with van der Waals surface area (Å²) >= 11 is 0. The third kappa shape index (κ3) is 8.99. The zero-order valence-corrected chi connectivity index (χ0v) is 28.9. The third-order valence-electron chi connectivity index (χ3n) is 8.16. The highest BCUT2D eigenvalue weighted by Crippen LogP contribution is 2.46. The molecule has 0 aromatic heterocycles. The van der Waals surface area contributed by atoms with Gasteiger partial charge in [0.25, 0.3) is 0 Å². The van der Waals surface area contributed by atoms with E-state index in [1.54, 1.807) is 0 Å². The predicted molar refractivity (Wildman–Crippen MR) is 178 cm³/mol. The van der Waals surface area contributed by atoms with E-state index in [2.05, 4.69) is 120 Å². The largest absolute Gasteiger partial charge is 0.507 e. The fourth-order valence-electron chi connectivity index (χ4n) is 5.57. The molecule has 0 heterocycles. The molecule has 0 aliphatic carbocycles. The number of aromatic hydroxyl groups is 2. The Labute approximate surface area is 256 Å². The zero-order chi connectivity index (χ0) is 32.4. The first kappa shape index (κ1) is 35.7. The quantitative estimate of drug-likeness (QED) is 0.176. The molecule has 1 unspecified atom stereocenters. The van der Waals surface area contributed by atoms with Crippen molar-refractivity contribution in [2.24, 2.45) is 5.73 Å². The lowest BCUT2D eigenvalue weighted by Crippen LogP contribution is -2.42. The van der Waals surface area contributed by atoms with Crippen molar-refractivity contribution in [1.82, 2.24) is 5.32 Å². The molecule has 0 bridgehead atoms. The summed E-state index contributed by atoms with van der Waals surface area (Å²) in [6.07, 6.45) is 3.72. The highest BCUT2D eigenvalue weighted by molar-refractivity contribution is 5.78. The van der Waals surface area contributed by atoms with Crippen LogP contribution in [0.25, 0.3) is 0 Å². The summed E-state index contributed by atoms with van der Waals surface area (Å²) in [5.41, 5.74) is 10.5. The molecule has 5 nitrogen and oxygen atoms in total. The van der Waals surface area contributed by atoms with Crippen LogP contribution in [0.3, 0.4) is 0 Å². The van der Waals surface area contributed by atoms with E-state index in [1.165, 1.54) is 0 Å². The maximum Gasteiger partial charge on any atom is 0.222 e. The number of hydrogen-bond donors (Lipinski definition) is 4. The minimum Gasteiger partial charge on any atom is -0.507 e. The molecular weight excluding hydrogens is 520 g/mol. The minimum absolute atomic E-state index is 0.102. The fourth-order valence-corrected chi connectivity index (χ4v) is 5.57. The van der Waals surface area contributed by atoms with E-state index in [0.717, 1.165) is 59.1 Å². The molecule has 0 saturated carbocycles. The van der Waals surface area contributed by atoms with Gasteiger partial charge in [0.2, 0.25) is 5.91 Å². The van der Waals surface area contributed by atoms with Crippen LogP contribution in [-0.2, 0) is 26.5 Å². The number of nitrogens with two attached hydrogens (primary N) is 1. The van der Waals surface area contributed by atoms with Crippen LogP contribution in [0, 0.1) is 0 Å². The number of phenols is 2. The normalized spacial score (nSPS) is 13.9. The fraction of sp³-hybridized carbons (Fsp3) is 0.649. The lowest BCUT2D eigenvalue weighted by molar-refractivity contribution is -0.122. The van der Waals surface area contributed by atoms with Crippen molar-refractivity contribution in [3.8, 4) is 11.5 Å². The summed E-state index contributed by atoms with van der Waals surface area (Å²) in [6, 6.07) is 8.29. The minimum atomic E-state index is -0.394. The van der Waals surface area contributed by atoms with Gasteiger partial charge in [-0.25, -0.2) is 0 Å². The van der Waals surface area contributed by atoms with E-state index < -0.39 is 6.17 Å². The Morgan fingerprint density at radius 3 is 1.31 bits per heavy atom. The van der Waals surface area contributed by atoms with E-state index in [0.29, 0.717) is 11.5 Å². The van der Waals surface area contributed by atoms with Gasteiger partial charge in [0.15, 0.2) is 0 Å². The van der Waals surface area contributed by atoms with Gasteiger partial charge in [0.05, 0.1) is 6.17 Å². The predicted octanol–water partition coefficient (Wildman–Crippen LogP) is 8.79. The van der Waals surface area contributed by atoms with E-state index in [-0.39, 0.29) is 39.9 Å². The van der Waals surface area contributed by atoms with Crippen molar-refractivity contribution in [2.45, 2.75) is 156 Å². The Hall–Kier alpha value is -2.53. The third-order valence-corrected chi connectivity index (χ3v) is 8.16. The second-order valence-electron chi connectivity index (χ2n) is 16.4. The van der Waals surface area contributed by atoms with Gasteiger partial charge in [-0.3, -0.25) is 4.79 Å². The molecule has 1 atom stereocenters. The molecule has 2 rings (SSSR count). The summed E-state index contributed by atoms with van der Waals surface area (Å²) in [5.74, 6) is 0.223. The number of carbonyl (C=O) groups is 1. The highest BCUT2D eigenvalue weighted by atomic mass is 16.3. The molecule has 236 valence electrons. The Bertz CT molecular complexity index is 1080. The van der Waals surface area contributed by atoms with Crippen molar-refractivity contribution in [3.63, 3.8) is 0 Å². The molecule has 42 heavy (non-hydrogen) atoms. The van der Waals surface area contributed by atoms with Crippen LogP contribution in [-0.4, -0.2) is 22.3 Å². The number of carbonyl (C=O) groups excluding carboxylic acids is 1. The molecule has 2 aromatic rings. The van der Waals surface area contributed by atoms with Gasteiger partial charge in [-0.15, -0.1) is 0 Å². The average Bonchev–Trinajstić information content (AvgIpc) is 2.80. The highest BCUT2D eigenvalue weighted by Gasteiger charge is 2.32. The lowest BCUT2D eigenvalue weighted by Gasteiger charge is -2.32. The van der Waals surface area contributed by atoms with E-state index in [1.807, 2.05) is 0 Å². The van der Waals surface area contributed by atoms with E-state index in [9.17, 15) is 15.0 Å². The Morgan fingerprint density at radius 2 is 1.02 bits per heavy atom. The zero-order valence-electron chi connectivity index (χ0n) is 28.9. The van der Waals surface area contributed by atoms with E-state index >= 15 is 0 Å². The van der Waals surface area contributed by atoms with Crippen molar-refractivity contribution in [2.75, 3.05) is 0 Å². The number of amides is 1. The Kier molecular flexibility index (Phi) is 11.0. The lowest BCUT2D eigenvalue weighted by atomic mass is 9.73. The summed E-state index contributed by atoms with van der Waals surface area (Å²) in [4.78, 5) is 13.6. The molecule has 0 saturated heterocycles. The van der Waals surface area contributed by atoms with Crippen LogP contribution < -0.4 is 11.1 Å². The second-order valence-corrected chi connectivity index (χ2v) is 16.4. The maximum absolute atomic E-state index is 13.6. The van der Waals surface area contributed by atoms with Crippen molar-refractivity contribution in [3.05, 3.63) is 57.6 Å². The van der Waals surface area contributed by atoms with Gasteiger partial charge < -0.3 is 21.3 Å². The van der Waals surface area contributed by atoms with Crippen LogP contribution in [0.4, 0.5) is 0 Å². The van der Waals surface area contributed by atoms with Crippen LogP contribution >= 0.6 is 0 Å². The topological polar surface area (TPSA) is 95.6 Å². The van der Waals surface area contributed by atoms with Gasteiger partial charge in [-0.2, -0.15) is 0 Å². The van der Waals surface area contributed by atoms with Crippen molar-refractivity contribution >= 4 is 5.91 Å². The molecule has 0 aliphatic rings. The number of unbranched alkanes of at least 4 members (excludes halogenated alkanes) is 2. The Balaban J connectivity index is 2.87. The SMILES string of the molecule is CCCCCC(N)NC(=O)CC(c1cc(C(C)(C)C)c(O)c(C(C)(C)C)c1)c1cc(C(C)(C)C)c(O)c(C(C)(C)C)c1. The number of nitrogens with one attached hydrogen (secondary N) is 1. The first-order valence-electron chi connectivity index (χ1n) is 15.8. The van der Waals surface area contributed by atoms with Crippen LogP contribution in [0.2, 0.25) is 0 Å². The summed E-state index contributed by atoms with van der Waals surface area (Å²) in [6.45, 7) is 27.4. The van der Waals surface area contributed by atoms with E-state index in [4.69, 9.17) is 5.73 Å². The maximum atomic E-state index is 13.6. The summed E-state index contributed by atoms with van der Waals surface area (Å²) in [5, 5.41) is 26.0. The van der Waals surface area contributed by atoms with Crippen LogP contribution in [0.1, 0.15) is 161 Å². The average molecular weight is 581 g/mol. The molecule has 0 radical (unpaired) electrons. The first-order chi connectivity index (χ1) is 19.0. The van der Waals surface area contributed by atoms with Crippen LogP contribution in [0.15, 0.2) is 24.3 Å². The molecule has 5 N–H and O–H groups in total. The monoisotopic (exact) mass is 580 g/mol. The number of benzene rings is 2. The number of hydrogen-bond acceptors (Lipinski definition) is 4. The van der Waals surface area contributed by atoms with Gasteiger partial charge >= 0.3 is 0 Å².